The Hall–Kier alpha value is -2.35. The lowest BCUT2D eigenvalue weighted by Gasteiger charge is -2.12. The summed E-state index contributed by atoms with van der Waals surface area (Å²) in [6.45, 7) is -0.224. The maximum atomic E-state index is 12.9. The molecule has 0 radical (unpaired) electrons. The molecule has 0 bridgehead atoms. The number of rotatable bonds is 5. The first-order valence-corrected chi connectivity index (χ1v) is 9.53. The van der Waals surface area contributed by atoms with Crippen LogP contribution in [0.25, 0.3) is 0 Å². The van der Waals surface area contributed by atoms with Crippen molar-refractivity contribution in [3.05, 3.63) is 58.1 Å². The number of benzene rings is 2. The Bertz CT molecular complexity index is 1010. The van der Waals surface area contributed by atoms with Gasteiger partial charge in [0.25, 0.3) is 5.91 Å². The molecule has 0 saturated carbocycles. The molecule has 0 fully saturated rings. The van der Waals surface area contributed by atoms with Gasteiger partial charge >= 0.3 is 6.18 Å². The fourth-order valence-electron chi connectivity index (χ4n) is 2.05. The van der Waals surface area contributed by atoms with Crippen LogP contribution in [-0.2, 0) is 16.2 Å². The van der Waals surface area contributed by atoms with Crippen molar-refractivity contribution in [3.63, 3.8) is 0 Å². The van der Waals surface area contributed by atoms with Crippen molar-refractivity contribution >= 4 is 37.5 Å². The van der Waals surface area contributed by atoms with Gasteiger partial charge in [-0.1, -0.05) is 27.9 Å². The Morgan fingerprint density at radius 1 is 1.19 bits per heavy atom. The van der Waals surface area contributed by atoms with Crippen molar-refractivity contribution in [2.75, 3.05) is 11.9 Å². The van der Waals surface area contributed by atoms with Crippen molar-refractivity contribution in [3.8, 4) is 12.3 Å². The van der Waals surface area contributed by atoms with Crippen LogP contribution in [0.3, 0.4) is 0 Å². The van der Waals surface area contributed by atoms with Gasteiger partial charge in [-0.3, -0.25) is 4.79 Å². The van der Waals surface area contributed by atoms with Gasteiger partial charge in [0.15, 0.2) is 0 Å². The first kappa shape index (κ1) is 21.0. The summed E-state index contributed by atoms with van der Waals surface area (Å²) in [6, 6.07) is 8.24. The van der Waals surface area contributed by atoms with Crippen LogP contribution in [0.1, 0.15) is 15.9 Å². The number of hydrogen-bond acceptors (Lipinski definition) is 3. The van der Waals surface area contributed by atoms with Gasteiger partial charge in [0, 0.05) is 15.7 Å². The number of carbonyl (C=O) groups is 1. The Morgan fingerprint density at radius 3 is 2.52 bits per heavy atom. The van der Waals surface area contributed by atoms with Gasteiger partial charge in [0.05, 0.1) is 17.0 Å². The minimum absolute atomic E-state index is 0.0462. The maximum absolute atomic E-state index is 12.9. The largest absolute Gasteiger partial charge is 0.417 e. The van der Waals surface area contributed by atoms with E-state index < -0.39 is 27.7 Å². The van der Waals surface area contributed by atoms with Crippen LogP contribution in [0, 0.1) is 12.3 Å². The molecule has 142 valence electrons. The zero-order chi connectivity index (χ0) is 20.2. The Morgan fingerprint density at radius 2 is 1.89 bits per heavy atom. The van der Waals surface area contributed by atoms with E-state index in [1.807, 2.05) is 0 Å². The number of anilines is 1. The fraction of sp³-hybridized carbons (Fsp3) is 0.118. The fourth-order valence-corrected chi connectivity index (χ4v) is 3.50. The zero-order valence-electron chi connectivity index (χ0n) is 13.5. The molecule has 0 unspecified atom stereocenters. The lowest BCUT2D eigenvalue weighted by molar-refractivity contribution is -0.138. The van der Waals surface area contributed by atoms with Crippen molar-refractivity contribution in [2.24, 2.45) is 0 Å². The number of alkyl halides is 3. The highest BCUT2D eigenvalue weighted by atomic mass is 79.9. The van der Waals surface area contributed by atoms with Gasteiger partial charge in [-0.2, -0.15) is 17.9 Å². The Balaban J connectivity index is 2.28. The molecule has 0 aliphatic heterocycles. The summed E-state index contributed by atoms with van der Waals surface area (Å²) >= 11 is 2.81. The lowest BCUT2D eigenvalue weighted by Crippen LogP contribution is -2.24. The normalized spacial score (nSPS) is 11.7. The molecular formula is C17H12BrF3N2O3S. The van der Waals surface area contributed by atoms with Gasteiger partial charge in [-0.05, 0) is 36.4 Å². The van der Waals surface area contributed by atoms with Gasteiger partial charge in [0.2, 0.25) is 10.0 Å². The quantitative estimate of drug-likeness (QED) is 0.668. The molecule has 0 heterocycles. The van der Waals surface area contributed by atoms with Gasteiger partial charge in [-0.25, -0.2) is 8.42 Å². The third-order valence-electron chi connectivity index (χ3n) is 3.30. The van der Waals surface area contributed by atoms with Crippen LogP contribution < -0.4 is 10.0 Å². The molecule has 5 nitrogen and oxygen atoms in total. The van der Waals surface area contributed by atoms with E-state index in [9.17, 15) is 26.4 Å². The molecular weight excluding hydrogens is 449 g/mol. The second kappa shape index (κ2) is 8.12. The number of terminal acetylenes is 1. The van der Waals surface area contributed by atoms with E-state index in [-0.39, 0.29) is 27.2 Å². The summed E-state index contributed by atoms with van der Waals surface area (Å²) in [6.07, 6.45) is 0.406. The number of carbonyl (C=O) groups excluding carboxylic acids is 1. The summed E-state index contributed by atoms with van der Waals surface area (Å²) < 4.78 is 64.9. The summed E-state index contributed by atoms with van der Waals surface area (Å²) in [5.41, 5.74) is -1.08. The number of halogens is 4. The van der Waals surface area contributed by atoms with E-state index in [0.29, 0.717) is 0 Å². The molecule has 27 heavy (non-hydrogen) atoms. The molecule has 0 spiro atoms. The SMILES string of the molecule is C#CCNS(=O)(=O)c1cccc(C(=O)Nc2ccc(Br)c(C(F)(F)F)c2)c1. The van der Waals surface area contributed by atoms with Crippen molar-refractivity contribution < 1.29 is 26.4 Å². The van der Waals surface area contributed by atoms with Gasteiger partial charge in [0.1, 0.15) is 0 Å². The average molecular weight is 461 g/mol. The molecule has 2 aromatic rings. The molecule has 1 amide bonds. The Labute approximate surface area is 162 Å². The second-order valence-electron chi connectivity index (χ2n) is 5.20. The molecule has 0 aliphatic carbocycles. The molecule has 2 N–H and O–H groups in total. The van der Waals surface area contributed by atoms with Gasteiger partial charge < -0.3 is 5.32 Å². The summed E-state index contributed by atoms with van der Waals surface area (Å²) in [5.74, 6) is 1.36. The van der Waals surface area contributed by atoms with Crippen LogP contribution in [0.5, 0.6) is 0 Å². The first-order chi connectivity index (χ1) is 12.5. The van der Waals surface area contributed by atoms with Crippen molar-refractivity contribution in [2.45, 2.75) is 11.1 Å². The molecule has 0 aliphatic rings. The van der Waals surface area contributed by atoms with Crippen molar-refractivity contribution in [1.29, 1.82) is 0 Å². The van der Waals surface area contributed by atoms with E-state index in [1.54, 1.807) is 0 Å². The minimum atomic E-state index is -4.60. The third kappa shape index (κ3) is 5.32. The van der Waals surface area contributed by atoms with Crippen molar-refractivity contribution in [1.82, 2.24) is 4.72 Å². The second-order valence-corrected chi connectivity index (χ2v) is 7.82. The van der Waals surface area contributed by atoms with Gasteiger partial charge in [-0.15, -0.1) is 6.42 Å². The van der Waals surface area contributed by atoms with E-state index >= 15 is 0 Å². The molecule has 10 heteroatoms. The number of sulfonamides is 1. The number of nitrogens with one attached hydrogen (secondary N) is 2. The van der Waals surface area contributed by atoms with E-state index in [0.717, 1.165) is 18.2 Å². The predicted molar refractivity (Wildman–Crippen MR) is 97.6 cm³/mol. The standard InChI is InChI=1S/C17H12BrF3N2O3S/c1-2-8-22-27(25,26)13-5-3-4-11(9-13)16(24)23-12-6-7-15(18)14(10-12)17(19,20)21/h1,3-7,9-10,22H,8H2,(H,23,24). The van der Waals surface area contributed by atoms with E-state index in [4.69, 9.17) is 6.42 Å². The van der Waals surface area contributed by atoms with Crippen LogP contribution in [0.2, 0.25) is 0 Å². The zero-order valence-corrected chi connectivity index (χ0v) is 15.9. The topological polar surface area (TPSA) is 75.3 Å². The predicted octanol–water partition coefficient (Wildman–Crippen LogP) is 3.63. The van der Waals surface area contributed by atoms with Crippen LogP contribution in [0.4, 0.5) is 18.9 Å². The van der Waals surface area contributed by atoms with Crippen LogP contribution in [0.15, 0.2) is 51.8 Å². The molecule has 2 aromatic carbocycles. The molecule has 0 atom stereocenters. The first-order valence-electron chi connectivity index (χ1n) is 7.26. The smallest absolute Gasteiger partial charge is 0.322 e. The highest BCUT2D eigenvalue weighted by Crippen LogP contribution is 2.36. The molecule has 0 saturated heterocycles. The highest BCUT2D eigenvalue weighted by Gasteiger charge is 2.33. The number of hydrogen-bond donors (Lipinski definition) is 2. The third-order valence-corrected chi connectivity index (χ3v) is 5.39. The Kier molecular flexibility index (Phi) is 6.30. The van der Waals surface area contributed by atoms with Crippen LogP contribution >= 0.6 is 15.9 Å². The summed E-state index contributed by atoms with van der Waals surface area (Å²) in [7, 11) is -3.91. The van der Waals surface area contributed by atoms with Crippen LogP contribution in [-0.4, -0.2) is 20.9 Å². The minimum Gasteiger partial charge on any atom is -0.322 e. The average Bonchev–Trinajstić information content (AvgIpc) is 2.60. The van der Waals surface area contributed by atoms with E-state index in [2.05, 4.69) is 31.9 Å². The van der Waals surface area contributed by atoms with E-state index in [1.165, 1.54) is 24.3 Å². The summed E-state index contributed by atoms with van der Waals surface area (Å²) in [4.78, 5) is 12.1. The number of amides is 1. The lowest BCUT2D eigenvalue weighted by atomic mass is 10.1. The molecule has 2 rings (SSSR count). The summed E-state index contributed by atoms with van der Waals surface area (Å²) in [5, 5.41) is 2.31. The monoisotopic (exact) mass is 460 g/mol. The maximum Gasteiger partial charge on any atom is 0.417 e. The molecule has 0 aromatic heterocycles. The highest BCUT2D eigenvalue weighted by molar-refractivity contribution is 9.10.